The highest BCUT2D eigenvalue weighted by Crippen LogP contribution is 2.16. The molecule has 0 saturated carbocycles. The molecule has 2 aromatic rings. The van der Waals surface area contributed by atoms with Crippen LogP contribution in [0.25, 0.3) is 5.69 Å². The lowest BCUT2D eigenvalue weighted by Gasteiger charge is -2.08. The number of carboxylic acid groups (broad SMARTS) is 1. The lowest BCUT2D eigenvalue weighted by molar-refractivity contribution is 0.0696. The molecule has 1 aromatic heterocycles. The minimum absolute atomic E-state index is 0.242. The van der Waals surface area contributed by atoms with E-state index in [-0.39, 0.29) is 5.56 Å². The SMILES string of the molecule is Cc1c(C(=O)O)cnn1-c1ccc(CC(C)C)cc1. The van der Waals surface area contributed by atoms with Crippen molar-refractivity contribution in [1.82, 2.24) is 9.78 Å². The van der Waals surface area contributed by atoms with Gasteiger partial charge in [0.05, 0.1) is 17.6 Å². The Morgan fingerprint density at radius 1 is 1.32 bits per heavy atom. The predicted molar refractivity (Wildman–Crippen MR) is 73.8 cm³/mol. The van der Waals surface area contributed by atoms with Gasteiger partial charge in [-0.25, -0.2) is 9.48 Å². The average molecular weight is 258 g/mol. The Balaban J connectivity index is 2.30. The first-order chi connectivity index (χ1) is 8.99. The summed E-state index contributed by atoms with van der Waals surface area (Å²) >= 11 is 0. The van der Waals surface area contributed by atoms with E-state index in [1.165, 1.54) is 11.8 Å². The van der Waals surface area contributed by atoms with Crippen LogP contribution in [0.2, 0.25) is 0 Å². The molecule has 0 fully saturated rings. The highest BCUT2D eigenvalue weighted by molar-refractivity contribution is 5.88. The van der Waals surface area contributed by atoms with E-state index in [4.69, 9.17) is 5.11 Å². The summed E-state index contributed by atoms with van der Waals surface area (Å²) in [4.78, 5) is 11.0. The van der Waals surface area contributed by atoms with Crippen LogP contribution in [0, 0.1) is 12.8 Å². The molecule has 0 radical (unpaired) electrons. The molecular formula is C15H18N2O2. The second kappa shape index (κ2) is 5.26. The summed E-state index contributed by atoms with van der Waals surface area (Å²) in [6, 6.07) is 8.08. The van der Waals surface area contributed by atoms with E-state index in [0.29, 0.717) is 11.6 Å². The molecule has 1 heterocycles. The monoisotopic (exact) mass is 258 g/mol. The lowest BCUT2D eigenvalue weighted by atomic mass is 10.0. The number of hydrogen-bond acceptors (Lipinski definition) is 2. The van der Waals surface area contributed by atoms with E-state index in [0.717, 1.165) is 12.1 Å². The molecule has 0 aliphatic rings. The van der Waals surface area contributed by atoms with Gasteiger partial charge in [-0.3, -0.25) is 0 Å². The number of aromatic nitrogens is 2. The summed E-state index contributed by atoms with van der Waals surface area (Å²) in [5.41, 5.74) is 3.05. The summed E-state index contributed by atoms with van der Waals surface area (Å²) in [5, 5.41) is 13.1. The molecule has 0 aliphatic heterocycles. The van der Waals surface area contributed by atoms with E-state index in [1.807, 2.05) is 12.1 Å². The van der Waals surface area contributed by atoms with E-state index in [1.54, 1.807) is 11.6 Å². The number of hydrogen-bond donors (Lipinski definition) is 1. The van der Waals surface area contributed by atoms with E-state index in [9.17, 15) is 4.79 Å². The zero-order chi connectivity index (χ0) is 14.0. The van der Waals surface area contributed by atoms with E-state index >= 15 is 0 Å². The van der Waals surface area contributed by atoms with Crippen molar-refractivity contribution < 1.29 is 9.90 Å². The van der Waals surface area contributed by atoms with Crippen LogP contribution in [0.3, 0.4) is 0 Å². The van der Waals surface area contributed by atoms with Crippen LogP contribution in [0.15, 0.2) is 30.5 Å². The Kier molecular flexibility index (Phi) is 3.69. The quantitative estimate of drug-likeness (QED) is 0.916. The highest BCUT2D eigenvalue weighted by Gasteiger charge is 2.13. The molecule has 4 nitrogen and oxygen atoms in total. The normalized spacial score (nSPS) is 10.9. The smallest absolute Gasteiger partial charge is 0.339 e. The molecule has 4 heteroatoms. The van der Waals surface area contributed by atoms with Crippen molar-refractivity contribution in [2.75, 3.05) is 0 Å². The topological polar surface area (TPSA) is 55.1 Å². The molecule has 0 aliphatic carbocycles. The summed E-state index contributed by atoms with van der Waals surface area (Å²) < 4.78 is 1.66. The van der Waals surface area contributed by atoms with E-state index < -0.39 is 5.97 Å². The Labute approximate surface area is 112 Å². The van der Waals surface area contributed by atoms with Crippen LogP contribution in [-0.2, 0) is 6.42 Å². The van der Waals surface area contributed by atoms with Crippen LogP contribution in [0.5, 0.6) is 0 Å². The van der Waals surface area contributed by atoms with Gasteiger partial charge in [0.1, 0.15) is 5.56 Å². The second-order valence-corrected chi connectivity index (χ2v) is 5.13. The fourth-order valence-electron chi connectivity index (χ4n) is 2.12. The number of benzene rings is 1. The summed E-state index contributed by atoms with van der Waals surface area (Å²) in [7, 11) is 0. The second-order valence-electron chi connectivity index (χ2n) is 5.13. The molecule has 0 bridgehead atoms. The third-order valence-corrected chi connectivity index (χ3v) is 3.07. The van der Waals surface area contributed by atoms with Gasteiger partial charge in [0.25, 0.3) is 0 Å². The lowest BCUT2D eigenvalue weighted by Crippen LogP contribution is -2.03. The predicted octanol–water partition coefficient (Wildman–Crippen LogP) is 3.08. The van der Waals surface area contributed by atoms with Gasteiger partial charge >= 0.3 is 5.97 Å². The van der Waals surface area contributed by atoms with Gasteiger partial charge in [-0.1, -0.05) is 26.0 Å². The molecule has 1 aromatic carbocycles. The Hall–Kier alpha value is -2.10. The molecular weight excluding hydrogens is 240 g/mol. The number of nitrogens with zero attached hydrogens (tertiary/aromatic N) is 2. The van der Waals surface area contributed by atoms with Crippen molar-refractivity contribution in [1.29, 1.82) is 0 Å². The number of carboxylic acids is 1. The van der Waals surface area contributed by atoms with Crippen molar-refractivity contribution in [3.63, 3.8) is 0 Å². The van der Waals surface area contributed by atoms with Crippen LogP contribution in [-0.4, -0.2) is 20.9 Å². The average Bonchev–Trinajstić information content (AvgIpc) is 2.71. The maximum atomic E-state index is 11.0. The van der Waals surface area contributed by atoms with Gasteiger partial charge in [-0.2, -0.15) is 5.10 Å². The molecule has 1 N–H and O–H groups in total. The van der Waals surface area contributed by atoms with Crippen LogP contribution in [0.4, 0.5) is 0 Å². The van der Waals surface area contributed by atoms with Crippen LogP contribution >= 0.6 is 0 Å². The summed E-state index contributed by atoms with van der Waals surface area (Å²) in [6.07, 6.45) is 2.43. The Bertz CT molecular complexity index is 583. The van der Waals surface area contributed by atoms with Gasteiger partial charge in [0.2, 0.25) is 0 Å². The third-order valence-electron chi connectivity index (χ3n) is 3.07. The first-order valence-electron chi connectivity index (χ1n) is 6.36. The maximum absolute atomic E-state index is 11.0. The van der Waals surface area contributed by atoms with Gasteiger partial charge in [0.15, 0.2) is 0 Å². The molecule has 2 rings (SSSR count). The molecule has 100 valence electrons. The summed E-state index contributed by atoms with van der Waals surface area (Å²) in [6.45, 7) is 6.13. The third kappa shape index (κ3) is 2.84. The molecule has 0 unspecified atom stereocenters. The standard InChI is InChI=1S/C15H18N2O2/c1-10(2)8-12-4-6-13(7-5-12)17-11(3)14(9-16-17)15(18)19/h4-7,9-10H,8H2,1-3H3,(H,18,19). The van der Waals surface area contributed by atoms with Crippen molar-refractivity contribution in [2.45, 2.75) is 27.2 Å². The molecule has 0 atom stereocenters. The van der Waals surface area contributed by atoms with Crippen molar-refractivity contribution >= 4 is 5.97 Å². The zero-order valence-electron chi connectivity index (χ0n) is 11.4. The number of aromatic carboxylic acids is 1. The first-order valence-corrected chi connectivity index (χ1v) is 6.36. The minimum atomic E-state index is -0.944. The van der Waals surface area contributed by atoms with Gasteiger partial charge < -0.3 is 5.11 Å². The van der Waals surface area contributed by atoms with Crippen LogP contribution in [0.1, 0.15) is 35.5 Å². The van der Waals surface area contributed by atoms with Gasteiger partial charge in [-0.15, -0.1) is 0 Å². The van der Waals surface area contributed by atoms with E-state index in [2.05, 4.69) is 31.1 Å². The fraction of sp³-hybridized carbons (Fsp3) is 0.333. The molecule has 0 amide bonds. The number of rotatable bonds is 4. The van der Waals surface area contributed by atoms with Crippen molar-refractivity contribution in [3.05, 3.63) is 47.3 Å². The zero-order valence-corrected chi connectivity index (χ0v) is 11.4. The molecule has 19 heavy (non-hydrogen) atoms. The largest absolute Gasteiger partial charge is 0.478 e. The molecule has 0 saturated heterocycles. The van der Waals surface area contributed by atoms with Gasteiger partial charge in [-0.05, 0) is 37.0 Å². The summed E-state index contributed by atoms with van der Waals surface area (Å²) in [5.74, 6) is -0.323. The highest BCUT2D eigenvalue weighted by atomic mass is 16.4. The molecule has 0 spiro atoms. The Morgan fingerprint density at radius 3 is 2.42 bits per heavy atom. The van der Waals surface area contributed by atoms with Gasteiger partial charge in [0, 0.05) is 0 Å². The minimum Gasteiger partial charge on any atom is -0.478 e. The Morgan fingerprint density at radius 2 is 1.95 bits per heavy atom. The first kappa shape index (κ1) is 13.3. The maximum Gasteiger partial charge on any atom is 0.339 e. The van der Waals surface area contributed by atoms with Crippen LogP contribution < -0.4 is 0 Å². The van der Waals surface area contributed by atoms with Crippen molar-refractivity contribution in [3.8, 4) is 5.69 Å². The van der Waals surface area contributed by atoms with Crippen molar-refractivity contribution in [2.24, 2.45) is 5.92 Å². The number of carbonyl (C=O) groups is 1. The fourth-order valence-corrected chi connectivity index (χ4v) is 2.12.